The van der Waals surface area contributed by atoms with E-state index < -0.39 is 0 Å². The fourth-order valence-corrected chi connectivity index (χ4v) is 11.7. The van der Waals surface area contributed by atoms with Gasteiger partial charge < -0.3 is 62.1 Å². The van der Waals surface area contributed by atoms with Crippen LogP contribution in [0, 0.1) is 6.92 Å². The van der Waals surface area contributed by atoms with Crippen LogP contribution in [0.1, 0.15) is 72.8 Å². The predicted molar refractivity (Wildman–Crippen MR) is 320 cm³/mol. The zero-order valence-corrected chi connectivity index (χ0v) is 49.0. The van der Waals surface area contributed by atoms with Crippen molar-refractivity contribution in [3.63, 3.8) is 0 Å². The summed E-state index contributed by atoms with van der Waals surface area (Å²) in [7, 11) is 8.25. The van der Waals surface area contributed by atoms with Crippen LogP contribution >= 0.6 is 23.5 Å². The number of unbranched alkanes of at least 4 members (excludes halogenated alkanes) is 3. The Labute approximate surface area is 481 Å². The van der Waals surface area contributed by atoms with E-state index in [1.54, 1.807) is 59.1 Å². The first-order valence-corrected chi connectivity index (χ1v) is 29.6. The maximum atomic E-state index is 6.55. The second-order valence-electron chi connectivity index (χ2n) is 19.2. The normalized spacial score (nSPS) is 16.3. The molecule has 2 N–H and O–H groups in total. The minimum absolute atomic E-state index is 0.0533. The number of aliphatic imine (C=N–C) groups is 4. The van der Waals surface area contributed by atoms with Crippen LogP contribution in [-0.4, -0.2) is 160 Å². The van der Waals surface area contributed by atoms with E-state index in [1.165, 1.54) is 6.42 Å². The molecule has 19 nitrogen and oxygen atoms in total. The molecule has 81 heavy (non-hydrogen) atoms. The van der Waals surface area contributed by atoms with Crippen LogP contribution in [0.15, 0.2) is 94.3 Å². The number of aromatic nitrogens is 2. The maximum absolute atomic E-state index is 6.55. The maximum Gasteiger partial charge on any atom is 0.168 e. The quantitative estimate of drug-likeness (QED) is 0.0255. The van der Waals surface area contributed by atoms with Crippen LogP contribution in [-0.2, 0) is 39.7 Å². The summed E-state index contributed by atoms with van der Waals surface area (Å²) in [5.74, 6) is 5.66. The van der Waals surface area contributed by atoms with E-state index in [0.29, 0.717) is 125 Å². The number of rotatable bonds is 29. The Balaban J connectivity index is 1.26. The fraction of sp³-hybridized carbons (Fsp3) is 0.467. The van der Waals surface area contributed by atoms with E-state index >= 15 is 0 Å². The van der Waals surface area contributed by atoms with Gasteiger partial charge in [-0.1, -0.05) is 25.0 Å². The number of ether oxygens (including phenoxy) is 11. The lowest BCUT2D eigenvalue weighted by atomic mass is 10.1. The van der Waals surface area contributed by atoms with Crippen molar-refractivity contribution in [2.24, 2.45) is 30.0 Å². The zero-order valence-electron chi connectivity index (χ0n) is 47.3. The number of nitrogens with zero attached hydrogens (tertiary/aromatic N) is 6. The Bertz CT molecular complexity index is 3340. The molecule has 5 heterocycles. The lowest BCUT2D eigenvalue weighted by Crippen LogP contribution is -2.22. The van der Waals surface area contributed by atoms with Gasteiger partial charge in [-0.2, -0.15) is 0 Å². The van der Waals surface area contributed by atoms with E-state index in [0.717, 1.165) is 100 Å². The molecule has 9 rings (SSSR count). The zero-order chi connectivity index (χ0) is 56.3. The first-order valence-electron chi connectivity index (χ1n) is 27.6. The molecule has 4 aromatic carbocycles. The number of amidine groups is 3. The molecule has 1 saturated heterocycles. The van der Waals surface area contributed by atoms with E-state index in [4.69, 9.17) is 82.1 Å². The fourth-order valence-electron chi connectivity index (χ4n) is 9.72. The lowest BCUT2D eigenvalue weighted by Gasteiger charge is -2.22. The van der Waals surface area contributed by atoms with Gasteiger partial charge >= 0.3 is 0 Å². The molecular weight excluding hydrogens is 1070 g/mol. The van der Waals surface area contributed by atoms with Gasteiger partial charge in [-0.3, -0.25) is 4.99 Å². The monoisotopic (exact) mass is 1150 g/mol. The minimum Gasteiger partial charge on any atom is -0.490 e. The van der Waals surface area contributed by atoms with Crippen LogP contribution < -0.4 is 29.9 Å². The molecule has 1 atom stereocenters. The minimum atomic E-state index is -0.0533. The van der Waals surface area contributed by atoms with E-state index in [9.17, 15) is 0 Å². The standard InChI is InChI=1S/C60H74N8O11S2/c1-38-15-18-42(74-29-25-69-3)49-48(38)55-62-37-39-16-17-40(80-34-13-9-8-11-23-78-47-14-10-12-24-79-47)36-41(39)54(61-2)63-60-53-46(81-35-33-73-7)22-21-45(77-32-28-72-6)52(53)59(68-60)67-58-51-44(76-31-27-71-5)20-19-43(75-30-26-70-4)50(51)57(66-58)65-56(49)64-55/h15-22,36,47,68H,2,8-14,23-35,37H2,1,3-7H3,(H,62,64,65,66,67)/b63-54-. The van der Waals surface area contributed by atoms with Crippen LogP contribution in [0.3, 0.4) is 0 Å². The average molecular weight is 1150 g/mol. The Morgan fingerprint density at radius 3 is 1.90 bits per heavy atom. The van der Waals surface area contributed by atoms with Gasteiger partial charge in [0.25, 0.3) is 0 Å². The van der Waals surface area contributed by atoms with Gasteiger partial charge in [-0.05, 0) is 105 Å². The highest BCUT2D eigenvalue weighted by atomic mass is 32.2. The Morgan fingerprint density at radius 1 is 0.580 bits per heavy atom. The van der Waals surface area contributed by atoms with Crippen molar-refractivity contribution in [1.82, 2.24) is 9.97 Å². The summed E-state index contributed by atoms with van der Waals surface area (Å²) < 4.78 is 65.1. The van der Waals surface area contributed by atoms with Gasteiger partial charge in [-0.25, -0.2) is 25.0 Å². The summed E-state index contributed by atoms with van der Waals surface area (Å²) in [6, 6.07) is 18.1. The molecule has 432 valence electrons. The largest absolute Gasteiger partial charge is 0.490 e. The summed E-state index contributed by atoms with van der Waals surface area (Å²) in [4.78, 5) is 40.9. The molecular formula is C60H74N8O11S2. The molecule has 0 spiro atoms. The van der Waals surface area contributed by atoms with Crippen LogP contribution in [0.25, 0.3) is 21.5 Å². The summed E-state index contributed by atoms with van der Waals surface area (Å²) in [5.41, 5.74) is 4.82. The predicted octanol–water partition coefficient (Wildman–Crippen LogP) is 10.1. The molecule has 3 aliphatic heterocycles. The van der Waals surface area contributed by atoms with Gasteiger partial charge in [0.15, 0.2) is 23.8 Å². The van der Waals surface area contributed by atoms with Crippen molar-refractivity contribution < 1.29 is 52.1 Å². The molecule has 0 aliphatic carbocycles. The van der Waals surface area contributed by atoms with E-state index in [-0.39, 0.29) is 32.7 Å². The Hall–Kier alpha value is -6.14. The second kappa shape index (κ2) is 30.2. The van der Waals surface area contributed by atoms with E-state index in [2.05, 4.69) is 41.8 Å². The van der Waals surface area contributed by atoms with Gasteiger partial charge in [0.05, 0.1) is 61.5 Å². The highest BCUT2D eigenvalue weighted by Crippen LogP contribution is 2.47. The van der Waals surface area contributed by atoms with Crippen molar-refractivity contribution in [2.75, 3.05) is 120 Å². The number of hydrogen-bond acceptors (Lipinski definition) is 19. The summed E-state index contributed by atoms with van der Waals surface area (Å²) >= 11 is 3.44. The molecule has 0 amide bonds. The van der Waals surface area contributed by atoms with Crippen molar-refractivity contribution in [1.29, 1.82) is 0 Å². The lowest BCUT2D eigenvalue weighted by molar-refractivity contribution is -0.162. The van der Waals surface area contributed by atoms with Gasteiger partial charge in [-0.15, -0.1) is 23.5 Å². The van der Waals surface area contributed by atoms with Crippen molar-refractivity contribution >= 4 is 80.9 Å². The molecule has 3 aliphatic rings. The summed E-state index contributed by atoms with van der Waals surface area (Å²) in [6.45, 7) is 11.0. The van der Waals surface area contributed by atoms with Gasteiger partial charge in [0.1, 0.15) is 72.0 Å². The number of benzene rings is 4. The van der Waals surface area contributed by atoms with Crippen LogP contribution in [0.2, 0.25) is 0 Å². The Kier molecular flexibility index (Phi) is 22.2. The van der Waals surface area contributed by atoms with Crippen molar-refractivity contribution in [2.45, 2.75) is 74.5 Å². The van der Waals surface area contributed by atoms with Crippen LogP contribution in [0.4, 0.5) is 11.6 Å². The number of aromatic amines is 2. The third-order valence-corrected chi connectivity index (χ3v) is 15.8. The first-order chi connectivity index (χ1) is 39.9. The molecule has 1 unspecified atom stereocenters. The second-order valence-corrected chi connectivity index (χ2v) is 21.6. The third-order valence-electron chi connectivity index (χ3n) is 13.7. The molecule has 2 aromatic heterocycles. The van der Waals surface area contributed by atoms with Gasteiger partial charge in [0.2, 0.25) is 0 Å². The molecule has 1 fully saturated rings. The molecule has 6 aromatic rings. The molecule has 0 radical (unpaired) electrons. The van der Waals surface area contributed by atoms with Crippen LogP contribution in [0.5, 0.6) is 23.0 Å². The van der Waals surface area contributed by atoms with E-state index in [1.807, 2.05) is 36.4 Å². The highest BCUT2D eigenvalue weighted by Gasteiger charge is 2.32. The number of aryl methyl sites for hydroxylation is 1. The van der Waals surface area contributed by atoms with Crippen molar-refractivity contribution in [3.05, 3.63) is 93.4 Å². The summed E-state index contributed by atoms with van der Waals surface area (Å²) in [5, 5.41) is 3.00. The number of H-pyrrole nitrogens is 2. The SMILES string of the molecule is C=N/C1=N\c2[nH]c(c3c(OCCOC)ccc(SCCOC)c23)/N=C2\N=C(N=c3[nH]c(c4c(C)ccc(OCCOC)c34)=NCc3ccc(SCCCCCCOC4CCCCO4)cc31)c1c(OCCOC)ccc(OCCOC)c12. The number of thioether (sulfide) groups is 2. The smallest absolute Gasteiger partial charge is 0.168 e. The first kappa shape index (κ1) is 59.5. The summed E-state index contributed by atoms with van der Waals surface area (Å²) in [6.07, 6.45) is 7.46. The average Bonchev–Trinajstić information content (AvgIpc) is 4.39. The number of methoxy groups -OCH3 is 5. The third kappa shape index (κ3) is 14.7. The van der Waals surface area contributed by atoms with Crippen molar-refractivity contribution in [3.8, 4) is 23.0 Å². The molecule has 21 heteroatoms. The highest BCUT2D eigenvalue weighted by molar-refractivity contribution is 7.99. The topological polar surface area (TPSA) is 207 Å². The Morgan fingerprint density at radius 2 is 1.22 bits per heavy atom. The number of hydrogen-bond donors (Lipinski definition) is 2. The number of nitrogens with one attached hydrogen (secondary N) is 2. The van der Waals surface area contributed by atoms with Gasteiger partial charge in [0, 0.05) is 80.6 Å². The molecule has 0 saturated carbocycles. The molecule has 6 bridgehead atoms. The number of fused-ring (bicyclic) bond motifs is 15.